The van der Waals surface area contributed by atoms with Crippen LogP contribution in [-0.2, 0) is 4.74 Å². The zero-order valence-electron chi connectivity index (χ0n) is 14.7. The Morgan fingerprint density at radius 3 is 2.71 bits per heavy atom. The molecule has 0 bridgehead atoms. The summed E-state index contributed by atoms with van der Waals surface area (Å²) in [5.74, 6) is 0.389. The predicted molar refractivity (Wildman–Crippen MR) is 96.0 cm³/mol. The van der Waals surface area contributed by atoms with Gasteiger partial charge < -0.3 is 20.1 Å². The van der Waals surface area contributed by atoms with Gasteiger partial charge in [-0.15, -0.1) is 0 Å². The van der Waals surface area contributed by atoms with Crippen LogP contribution >= 0.6 is 11.6 Å². The van der Waals surface area contributed by atoms with E-state index in [1.54, 1.807) is 25.3 Å². The fraction of sp³-hybridized carbons (Fsp3) is 0.611. The molecule has 1 heterocycles. The van der Waals surface area contributed by atoms with E-state index in [9.17, 15) is 4.79 Å². The minimum absolute atomic E-state index is 0.0121. The Labute approximate surface area is 149 Å². The van der Waals surface area contributed by atoms with Gasteiger partial charge in [-0.05, 0) is 58.0 Å². The van der Waals surface area contributed by atoms with Crippen LogP contribution in [0.2, 0.25) is 5.02 Å². The Kier molecular flexibility index (Phi) is 6.90. The summed E-state index contributed by atoms with van der Waals surface area (Å²) in [5, 5.41) is 6.92. The van der Waals surface area contributed by atoms with E-state index in [-0.39, 0.29) is 17.4 Å². The molecule has 1 saturated heterocycles. The fourth-order valence-electron chi connectivity index (χ4n) is 3.03. The molecule has 0 spiro atoms. The molecule has 2 rings (SSSR count). The van der Waals surface area contributed by atoms with Gasteiger partial charge in [-0.2, -0.15) is 0 Å². The average Bonchev–Trinajstić information content (AvgIpc) is 2.55. The van der Waals surface area contributed by atoms with Crippen LogP contribution in [0.15, 0.2) is 18.2 Å². The largest absolute Gasteiger partial charge is 0.490 e. The molecular formula is C18H27ClN2O3. The van der Waals surface area contributed by atoms with Gasteiger partial charge >= 0.3 is 0 Å². The third-order valence-electron chi connectivity index (χ3n) is 4.29. The molecular weight excluding hydrogens is 328 g/mol. The predicted octanol–water partition coefficient (Wildman–Crippen LogP) is 2.87. The van der Waals surface area contributed by atoms with E-state index in [4.69, 9.17) is 21.1 Å². The van der Waals surface area contributed by atoms with Crippen LogP contribution in [0.5, 0.6) is 5.75 Å². The molecule has 0 radical (unpaired) electrons. The summed E-state index contributed by atoms with van der Waals surface area (Å²) in [4.78, 5) is 12.7. The molecule has 1 aromatic rings. The lowest BCUT2D eigenvalue weighted by molar-refractivity contribution is 0.0511. The number of carbonyl (C=O) groups is 1. The summed E-state index contributed by atoms with van der Waals surface area (Å²) in [6.45, 7) is 6.96. The van der Waals surface area contributed by atoms with Gasteiger partial charge in [0.1, 0.15) is 5.75 Å². The van der Waals surface area contributed by atoms with Crippen molar-refractivity contribution in [3.63, 3.8) is 0 Å². The summed E-state index contributed by atoms with van der Waals surface area (Å²) in [6, 6.07) is 5.13. The Hall–Kier alpha value is -1.30. The van der Waals surface area contributed by atoms with Gasteiger partial charge in [0.25, 0.3) is 5.91 Å². The van der Waals surface area contributed by atoms with Gasteiger partial charge in [0.05, 0.1) is 18.3 Å². The maximum Gasteiger partial charge on any atom is 0.255 e. The molecule has 2 N–H and O–H groups in total. The van der Waals surface area contributed by atoms with E-state index in [0.29, 0.717) is 29.5 Å². The Morgan fingerprint density at radius 2 is 2.08 bits per heavy atom. The fourth-order valence-corrected chi connectivity index (χ4v) is 3.21. The molecule has 1 aliphatic heterocycles. The molecule has 24 heavy (non-hydrogen) atoms. The molecule has 0 atom stereocenters. The van der Waals surface area contributed by atoms with Crippen molar-refractivity contribution in [1.29, 1.82) is 0 Å². The second kappa shape index (κ2) is 8.70. The first-order valence-corrected chi connectivity index (χ1v) is 8.78. The third-order valence-corrected chi connectivity index (χ3v) is 4.52. The molecule has 0 unspecified atom stereocenters. The lowest BCUT2D eigenvalue weighted by atomic mass is 9.79. The SMILES string of the molecule is COCC1(CNC(=O)c2cc(Cl)ccc2OC(C)C)CCNCC1. The summed E-state index contributed by atoms with van der Waals surface area (Å²) in [7, 11) is 1.71. The van der Waals surface area contributed by atoms with Crippen molar-refractivity contribution in [2.45, 2.75) is 32.8 Å². The number of benzene rings is 1. The maximum atomic E-state index is 12.7. The topological polar surface area (TPSA) is 59.6 Å². The molecule has 0 aliphatic carbocycles. The van der Waals surface area contributed by atoms with Crippen molar-refractivity contribution in [2.24, 2.45) is 5.41 Å². The second-order valence-electron chi connectivity index (χ2n) is 6.67. The van der Waals surface area contributed by atoms with E-state index >= 15 is 0 Å². The number of amides is 1. The molecule has 1 aromatic carbocycles. The maximum absolute atomic E-state index is 12.7. The third kappa shape index (κ3) is 5.10. The molecule has 0 saturated carbocycles. The molecule has 5 nitrogen and oxygen atoms in total. The number of nitrogens with one attached hydrogen (secondary N) is 2. The standard InChI is InChI=1S/C18H27ClN2O3/c1-13(2)24-16-5-4-14(19)10-15(16)17(22)21-11-18(12-23-3)6-8-20-9-7-18/h4-5,10,13,20H,6-9,11-12H2,1-3H3,(H,21,22). The number of halogens is 1. The van der Waals surface area contributed by atoms with Crippen molar-refractivity contribution in [3.8, 4) is 5.75 Å². The summed E-state index contributed by atoms with van der Waals surface area (Å²) >= 11 is 6.06. The van der Waals surface area contributed by atoms with Gasteiger partial charge in [-0.1, -0.05) is 11.6 Å². The van der Waals surface area contributed by atoms with Crippen molar-refractivity contribution in [3.05, 3.63) is 28.8 Å². The van der Waals surface area contributed by atoms with Crippen LogP contribution in [0.1, 0.15) is 37.0 Å². The number of carbonyl (C=O) groups excluding carboxylic acids is 1. The van der Waals surface area contributed by atoms with Crippen LogP contribution in [0, 0.1) is 5.41 Å². The Morgan fingerprint density at radius 1 is 1.38 bits per heavy atom. The minimum Gasteiger partial charge on any atom is -0.490 e. The number of hydrogen-bond acceptors (Lipinski definition) is 4. The first-order valence-electron chi connectivity index (χ1n) is 8.40. The number of piperidine rings is 1. The number of methoxy groups -OCH3 is 1. The van der Waals surface area contributed by atoms with Crippen molar-refractivity contribution < 1.29 is 14.3 Å². The van der Waals surface area contributed by atoms with Gasteiger partial charge in [0.2, 0.25) is 0 Å². The molecule has 1 fully saturated rings. The normalized spacial score (nSPS) is 16.9. The lowest BCUT2D eigenvalue weighted by Crippen LogP contribution is -2.47. The van der Waals surface area contributed by atoms with Crippen molar-refractivity contribution >= 4 is 17.5 Å². The number of ether oxygens (including phenoxy) is 2. The van der Waals surface area contributed by atoms with Gasteiger partial charge in [0, 0.05) is 24.1 Å². The van der Waals surface area contributed by atoms with Gasteiger partial charge in [-0.3, -0.25) is 4.79 Å². The highest BCUT2D eigenvalue weighted by Crippen LogP contribution is 2.29. The van der Waals surface area contributed by atoms with E-state index in [0.717, 1.165) is 25.9 Å². The Balaban J connectivity index is 2.09. The first-order chi connectivity index (χ1) is 11.5. The summed E-state index contributed by atoms with van der Waals surface area (Å²) in [5.41, 5.74) is 0.450. The monoisotopic (exact) mass is 354 g/mol. The van der Waals surface area contributed by atoms with E-state index < -0.39 is 0 Å². The quantitative estimate of drug-likeness (QED) is 0.790. The minimum atomic E-state index is -0.165. The summed E-state index contributed by atoms with van der Waals surface area (Å²) in [6.07, 6.45) is 1.94. The zero-order chi connectivity index (χ0) is 17.6. The van der Waals surface area contributed by atoms with E-state index in [2.05, 4.69) is 10.6 Å². The van der Waals surface area contributed by atoms with Crippen LogP contribution < -0.4 is 15.4 Å². The van der Waals surface area contributed by atoms with Crippen LogP contribution in [0.25, 0.3) is 0 Å². The van der Waals surface area contributed by atoms with Gasteiger partial charge in [-0.25, -0.2) is 0 Å². The van der Waals surface area contributed by atoms with Crippen LogP contribution in [-0.4, -0.2) is 45.4 Å². The van der Waals surface area contributed by atoms with Crippen LogP contribution in [0.3, 0.4) is 0 Å². The number of rotatable bonds is 7. The smallest absolute Gasteiger partial charge is 0.255 e. The molecule has 134 valence electrons. The summed E-state index contributed by atoms with van der Waals surface area (Å²) < 4.78 is 11.1. The highest BCUT2D eigenvalue weighted by Gasteiger charge is 2.32. The molecule has 1 amide bonds. The molecule has 6 heteroatoms. The van der Waals surface area contributed by atoms with Crippen LogP contribution in [0.4, 0.5) is 0 Å². The van der Waals surface area contributed by atoms with Gasteiger partial charge in [0.15, 0.2) is 0 Å². The highest BCUT2D eigenvalue weighted by molar-refractivity contribution is 6.31. The van der Waals surface area contributed by atoms with E-state index in [1.807, 2.05) is 13.8 Å². The average molecular weight is 355 g/mol. The van der Waals surface area contributed by atoms with Crippen molar-refractivity contribution in [2.75, 3.05) is 33.4 Å². The molecule has 0 aromatic heterocycles. The zero-order valence-corrected chi connectivity index (χ0v) is 15.4. The Bertz CT molecular complexity index is 552. The first kappa shape index (κ1) is 19.0. The number of hydrogen-bond donors (Lipinski definition) is 2. The van der Waals surface area contributed by atoms with E-state index in [1.165, 1.54) is 0 Å². The van der Waals surface area contributed by atoms with Crippen molar-refractivity contribution in [1.82, 2.24) is 10.6 Å². The highest BCUT2D eigenvalue weighted by atomic mass is 35.5. The lowest BCUT2D eigenvalue weighted by Gasteiger charge is -2.37. The second-order valence-corrected chi connectivity index (χ2v) is 7.11. The molecule has 1 aliphatic rings.